The molecule has 0 unspecified atom stereocenters. The molecule has 14 N–H and O–H groups in total. The van der Waals surface area contributed by atoms with Crippen molar-refractivity contribution in [3.63, 3.8) is 0 Å². The zero-order valence-electron chi connectivity index (χ0n) is 66.1. The van der Waals surface area contributed by atoms with Gasteiger partial charge in [-0.2, -0.15) is 15.3 Å². The van der Waals surface area contributed by atoms with Crippen molar-refractivity contribution >= 4 is 148 Å². The standard InChI is InChI=1S/C77H138N16O10S6/c1-4-7-10-13-16-19-22-25-28-31-34-37-40-43-50-86-91-72(99)62-107-104-59-69(96)82-55-53-80-67(94)48-46-65(75(102)85-58-57-84-71(98)61-106-109-64-74(101)93-88-52-45-42-39-36-33-30-27-24-21-18-15-12-9-6-3)89-76(103)66(90-77(78)79)47-49-68(95)81-54-56-83-70(97)60-105-108-63-73(100)92-87-51-44-41-38-35-32-29-26-23-20-17-14-11-8-5-2/h19-24,50-52,65-66H,4-18,25-49,53-64H2,1-3H3,(H,80,94)(H,81,95)(H,82,96)(H,83,97)(H,84,98)(H,85,102)(H,89,103)(H,91,99)(H,92,100)(H,93,101)(H4,78,79,90)/b22-19-,23-20-,24-21-,86-50-,87-51-,88-52-/t65-,66-/m0/s1. The van der Waals surface area contributed by atoms with Crippen LogP contribution in [0, 0.1) is 0 Å². The quantitative estimate of drug-likeness (QED) is 0.00672. The van der Waals surface area contributed by atoms with E-state index in [2.05, 4.69) is 131 Å². The minimum Gasteiger partial charge on any atom is -0.370 e. The Morgan fingerprint density at radius 3 is 0.862 bits per heavy atom. The number of guanidine groups is 1. The van der Waals surface area contributed by atoms with Gasteiger partial charge in [-0.25, -0.2) is 21.3 Å². The fraction of sp³-hybridized carbons (Fsp3) is 0.740. The summed E-state index contributed by atoms with van der Waals surface area (Å²) in [4.78, 5) is 132. The molecule has 10 amide bonds. The summed E-state index contributed by atoms with van der Waals surface area (Å²) in [7, 11) is 7.21. The molecule has 0 aliphatic heterocycles. The van der Waals surface area contributed by atoms with E-state index in [1.54, 1.807) is 18.6 Å². The minimum absolute atomic E-state index is 0.0110. The third kappa shape index (κ3) is 76.1. The molecule has 622 valence electrons. The first kappa shape index (κ1) is 103. The molecule has 109 heavy (non-hydrogen) atoms. The van der Waals surface area contributed by atoms with Gasteiger partial charge < -0.3 is 48.7 Å². The van der Waals surface area contributed by atoms with Crippen LogP contribution in [0.25, 0.3) is 0 Å². The molecule has 0 heterocycles. The van der Waals surface area contributed by atoms with Crippen LogP contribution >= 0.6 is 64.8 Å². The van der Waals surface area contributed by atoms with E-state index >= 15 is 0 Å². The van der Waals surface area contributed by atoms with Gasteiger partial charge in [0.25, 0.3) is 17.7 Å². The number of hydrogen-bond donors (Lipinski definition) is 12. The van der Waals surface area contributed by atoms with Crippen molar-refractivity contribution in [3.8, 4) is 0 Å². The molecule has 0 aromatic heterocycles. The van der Waals surface area contributed by atoms with Crippen LogP contribution in [0.2, 0.25) is 0 Å². The first-order valence-electron chi connectivity index (χ1n) is 40.2. The molecule has 0 aliphatic rings. The highest BCUT2D eigenvalue weighted by atomic mass is 33.1. The molecule has 2 atom stereocenters. The third-order valence-electron chi connectivity index (χ3n) is 16.3. The average Bonchev–Trinajstić information content (AvgIpc) is 0.889. The van der Waals surface area contributed by atoms with E-state index in [9.17, 15) is 47.9 Å². The molecular formula is C77H138N16O10S6. The van der Waals surface area contributed by atoms with Gasteiger partial charge in [0, 0.05) is 70.8 Å². The van der Waals surface area contributed by atoms with Gasteiger partial charge in [-0.05, 0) is 128 Å². The summed E-state index contributed by atoms with van der Waals surface area (Å²) >= 11 is 0. The Morgan fingerprint density at radius 1 is 0.303 bits per heavy atom. The Balaban J connectivity index is 5.05. The van der Waals surface area contributed by atoms with E-state index in [4.69, 9.17) is 11.5 Å². The Morgan fingerprint density at radius 2 is 0.560 bits per heavy atom. The van der Waals surface area contributed by atoms with Crippen molar-refractivity contribution in [1.82, 2.24) is 53.5 Å². The Labute approximate surface area is 677 Å². The van der Waals surface area contributed by atoms with Gasteiger partial charge in [0.2, 0.25) is 41.4 Å². The lowest BCUT2D eigenvalue weighted by molar-refractivity contribution is -0.130. The van der Waals surface area contributed by atoms with E-state index in [1.807, 2.05) is 0 Å². The number of carbonyl (C=O) groups excluding carboxylic acids is 10. The number of unbranched alkanes of at least 4 members (excludes halogenated alkanes) is 30. The Hall–Kier alpha value is -5.70. The molecular weight excluding hydrogens is 1500 g/mol. The van der Waals surface area contributed by atoms with Gasteiger partial charge >= 0.3 is 0 Å². The van der Waals surface area contributed by atoms with Crippen LogP contribution < -0.4 is 65.0 Å². The molecule has 0 saturated carbocycles. The molecule has 0 spiro atoms. The molecule has 0 saturated heterocycles. The minimum atomic E-state index is -1.33. The van der Waals surface area contributed by atoms with Crippen LogP contribution in [0.4, 0.5) is 0 Å². The van der Waals surface area contributed by atoms with E-state index in [1.165, 1.54) is 219 Å². The topological polar surface area (TPSA) is 392 Å². The summed E-state index contributed by atoms with van der Waals surface area (Å²) in [5.74, 6) is -4.32. The second-order valence-corrected chi connectivity index (χ2v) is 33.7. The largest absolute Gasteiger partial charge is 0.370 e. The van der Waals surface area contributed by atoms with E-state index in [0.29, 0.717) is 0 Å². The Bertz CT molecular complexity index is 2620. The zero-order valence-corrected chi connectivity index (χ0v) is 71.0. The van der Waals surface area contributed by atoms with Crippen molar-refractivity contribution < 1.29 is 47.9 Å². The predicted molar refractivity (Wildman–Crippen MR) is 463 cm³/mol. The number of nitrogens with two attached hydrogens (primary N) is 2. The van der Waals surface area contributed by atoms with E-state index in [-0.39, 0.29) is 135 Å². The maximum atomic E-state index is 13.8. The molecule has 32 heteroatoms. The third-order valence-corrected chi connectivity index (χ3v) is 22.7. The number of carbonyl (C=O) groups is 10. The summed E-state index contributed by atoms with van der Waals surface area (Å²) in [6.07, 6.45) is 60.1. The number of nitrogens with zero attached hydrogens (tertiary/aromatic N) is 4. The molecule has 0 fully saturated rings. The molecule has 0 radical (unpaired) electrons. The van der Waals surface area contributed by atoms with Gasteiger partial charge in [0.05, 0.1) is 34.5 Å². The van der Waals surface area contributed by atoms with Crippen LogP contribution in [0.5, 0.6) is 0 Å². The van der Waals surface area contributed by atoms with Crippen LogP contribution in [0.1, 0.15) is 278 Å². The first-order valence-corrected chi connectivity index (χ1v) is 47.7. The van der Waals surface area contributed by atoms with Crippen molar-refractivity contribution in [1.29, 1.82) is 0 Å². The molecule has 0 aromatic rings. The van der Waals surface area contributed by atoms with Gasteiger partial charge in [0.15, 0.2) is 5.96 Å². The summed E-state index contributed by atoms with van der Waals surface area (Å²) in [6, 6.07) is -2.65. The lowest BCUT2D eigenvalue weighted by Crippen LogP contribution is -2.51. The highest BCUT2D eigenvalue weighted by molar-refractivity contribution is 8.77. The van der Waals surface area contributed by atoms with Crippen LogP contribution in [-0.4, -0.2) is 170 Å². The molecule has 0 aliphatic carbocycles. The van der Waals surface area contributed by atoms with Crippen molar-refractivity contribution in [3.05, 3.63) is 36.5 Å². The normalized spacial score (nSPS) is 12.1. The van der Waals surface area contributed by atoms with Crippen molar-refractivity contribution in [2.75, 3.05) is 73.8 Å². The highest BCUT2D eigenvalue weighted by Crippen LogP contribution is 2.22. The Kier molecular flexibility index (Phi) is 76.2. The van der Waals surface area contributed by atoms with Crippen molar-refractivity contribution in [2.24, 2.45) is 31.8 Å². The fourth-order valence-corrected chi connectivity index (χ4v) is 15.3. The van der Waals surface area contributed by atoms with Gasteiger partial charge in [-0.15, -0.1) is 0 Å². The maximum absolute atomic E-state index is 13.8. The number of amides is 10. The van der Waals surface area contributed by atoms with E-state index in [0.717, 1.165) is 77.0 Å². The average molecular weight is 1640 g/mol. The zero-order chi connectivity index (χ0) is 79.8. The highest BCUT2D eigenvalue weighted by Gasteiger charge is 2.27. The molecule has 0 rings (SSSR count). The number of rotatable bonds is 76. The summed E-state index contributed by atoms with van der Waals surface area (Å²) in [6.45, 7) is 6.95. The maximum Gasteiger partial charge on any atom is 0.250 e. The monoisotopic (exact) mass is 1640 g/mol. The molecule has 0 aromatic carbocycles. The van der Waals surface area contributed by atoms with Gasteiger partial charge in [0.1, 0.15) is 12.1 Å². The lowest BCUT2D eigenvalue weighted by atomic mass is 10.1. The second kappa shape index (κ2) is 80.4. The summed E-state index contributed by atoms with van der Waals surface area (Å²) in [5.41, 5.74) is 19.0. The van der Waals surface area contributed by atoms with Crippen molar-refractivity contribution in [2.45, 2.75) is 290 Å². The van der Waals surface area contributed by atoms with Gasteiger partial charge in [-0.1, -0.05) is 238 Å². The molecule has 0 bridgehead atoms. The number of aliphatic imine (C=N–C) groups is 1. The number of nitrogens with one attached hydrogen (secondary N) is 10. The predicted octanol–water partition coefficient (Wildman–Crippen LogP) is 12.6. The SMILES string of the molecule is CCCCCC/C=C\CCCCCCC/C=N\NC(=O)CSSCC(=O)NCCNC(=O)CC[C@H](N=C(N)N)C(=O)N[C@@H](CCC(=O)NCCNC(=O)CSSCC(=O)N/N=C\CCCCCCC/C=C\CCCCCC)C(=O)NCCNC(=O)CSSCC(=O)N/N=C\CCCCCCC/C=C\CCCCCC. The van der Waals surface area contributed by atoms with Gasteiger partial charge in [-0.3, -0.25) is 47.9 Å². The first-order chi connectivity index (χ1) is 53.1. The summed E-state index contributed by atoms with van der Waals surface area (Å²) in [5, 5.41) is 30.8. The smallest absolute Gasteiger partial charge is 0.250 e. The number of allylic oxidation sites excluding steroid dienone is 6. The van der Waals surface area contributed by atoms with E-state index < -0.39 is 41.7 Å². The fourth-order valence-electron chi connectivity index (χ4n) is 10.2. The summed E-state index contributed by atoms with van der Waals surface area (Å²) < 4.78 is 0. The lowest BCUT2D eigenvalue weighted by Gasteiger charge is -2.21. The van der Waals surface area contributed by atoms with Crippen LogP contribution in [0.3, 0.4) is 0 Å². The van der Waals surface area contributed by atoms with Crippen LogP contribution in [-0.2, 0) is 47.9 Å². The second-order valence-electron chi connectivity index (χ2n) is 26.4. The molecule has 26 nitrogen and oxygen atoms in total. The van der Waals surface area contributed by atoms with Crippen LogP contribution in [0.15, 0.2) is 56.8 Å². The number of hydrazone groups is 3. The number of hydrogen-bond acceptors (Lipinski definition) is 20.